The lowest BCUT2D eigenvalue weighted by atomic mass is 10.2. The standard InChI is InChI=1S/C9H11NO2/c1-10(2)9(12)8-5-3-4-6(11)7(5)8/h3-5,7-8H,1-2H3. The first-order valence-corrected chi connectivity index (χ1v) is 4.06. The van der Waals surface area contributed by atoms with Crippen LogP contribution in [0, 0.1) is 17.8 Å². The van der Waals surface area contributed by atoms with Crippen molar-refractivity contribution in [3.05, 3.63) is 12.2 Å². The van der Waals surface area contributed by atoms with Crippen LogP contribution in [0.1, 0.15) is 0 Å². The van der Waals surface area contributed by atoms with Gasteiger partial charge in [-0.2, -0.15) is 0 Å². The van der Waals surface area contributed by atoms with Gasteiger partial charge in [-0.15, -0.1) is 0 Å². The highest BCUT2D eigenvalue weighted by Crippen LogP contribution is 2.52. The number of allylic oxidation sites excluding steroid dienone is 2. The summed E-state index contributed by atoms with van der Waals surface area (Å²) in [6.07, 6.45) is 3.45. The maximum Gasteiger partial charge on any atom is 0.226 e. The van der Waals surface area contributed by atoms with Gasteiger partial charge in [-0.3, -0.25) is 9.59 Å². The van der Waals surface area contributed by atoms with Crippen LogP contribution in [-0.4, -0.2) is 30.7 Å². The third kappa shape index (κ3) is 0.823. The molecule has 0 saturated heterocycles. The van der Waals surface area contributed by atoms with E-state index in [0.717, 1.165) is 0 Å². The number of carbonyl (C=O) groups is 2. The van der Waals surface area contributed by atoms with Gasteiger partial charge in [0.05, 0.1) is 5.92 Å². The highest BCUT2D eigenvalue weighted by Gasteiger charge is 2.59. The van der Waals surface area contributed by atoms with Crippen molar-refractivity contribution in [3.63, 3.8) is 0 Å². The number of ketones is 1. The number of carbonyl (C=O) groups excluding carboxylic acids is 2. The van der Waals surface area contributed by atoms with E-state index in [1.807, 2.05) is 6.08 Å². The van der Waals surface area contributed by atoms with Gasteiger partial charge in [-0.05, 0) is 6.08 Å². The maximum absolute atomic E-state index is 11.4. The Labute approximate surface area is 71.0 Å². The van der Waals surface area contributed by atoms with Crippen molar-refractivity contribution < 1.29 is 9.59 Å². The molecule has 1 amide bonds. The van der Waals surface area contributed by atoms with Crippen molar-refractivity contribution in [1.82, 2.24) is 4.90 Å². The van der Waals surface area contributed by atoms with E-state index < -0.39 is 0 Å². The molecular weight excluding hydrogens is 154 g/mol. The number of hydrogen-bond acceptors (Lipinski definition) is 2. The number of hydrogen-bond donors (Lipinski definition) is 0. The topological polar surface area (TPSA) is 37.4 Å². The Bertz CT molecular complexity index is 280. The molecule has 0 radical (unpaired) electrons. The van der Waals surface area contributed by atoms with Crippen molar-refractivity contribution in [1.29, 1.82) is 0 Å². The number of fused-ring (bicyclic) bond motifs is 1. The molecule has 0 heterocycles. The lowest BCUT2D eigenvalue weighted by Gasteiger charge is -2.09. The van der Waals surface area contributed by atoms with Crippen LogP contribution in [0.5, 0.6) is 0 Å². The normalized spacial score (nSPS) is 36.5. The molecule has 0 bridgehead atoms. The Kier molecular flexibility index (Phi) is 1.37. The van der Waals surface area contributed by atoms with E-state index in [4.69, 9.17) is 0 Å². The first kappa shape index (κ1) is 7.53. The van der Waals surface area contributed by atoms with Crippen LogP contribution < -0.4 is 0 Å². The van der Waals surface area contributed by atoms with Crippen molar-refractivity contribution >= 4 is 11.7 Å². The van der Waals surface area contributed by atoms with Gasteiger partial charge >= 0.3 is 0 Å². The largest absolute Gasteiger partial charge is 0.349 e. The third-order valence-corrected chi connectivity index (χ3v) is 2.61. The van der Waals surface area contributed by atoms with E-state index in [2.05, 4.69) is 0 Å². The smallest absolute Gasteiger partial charge is 0.226 e. The molecule has 3 atom stereocenters. The van der Waals surface area contributed by atoms with Gasteiger partial charge in [0.1, 0.15) is 0 Å². The lowest BCUT2D eigenvalue weighted by molar-refractivity contribution is -0.131. The monoisotopic (exact) mass is 165 g/mol. The third-order valence-electron chi connectivity index (χ3n) is 2.61. The van der Waals surface area contributed by atoms with Crippen LogP contribution in [-0.2, 0) is 9.59 Å². The Morgan fingerprint density at radius 2 is 2.17 bits per heavy atom. The molecule has 0 aromatic rings. The lowest BCUT2D eigenvalue weighted by Crippen LogP contribution is -2.25. The molecule has 3 nitrogen and oxygen atoms in total. The summed E-state index contributed by atoms with van der Waals surface area (Å²) in [5, 5.41) is 0. The molecule has 0 N–H and O–H groups in total. The molecular formula is C9H11NO2. The summed E-state index contributed by atoms with van der Waals surface area (Å²) in [7, 11) is 3.45. The van der Waals surface area contributed by atoms with E-state index in [0.29, 0.717) is 0 Å². The Hall–Kier alpha value is -1.12. The fourth-order valence-electron chi connectivity index (χ4n) is 1.87. The molecule has 12 heavy (non-hydrogen) atoms. The highest BCUT2D eigenvalue weighted by atomic mass is 16.2. The number of rotatable bonds is 1. The zero-order valence-corrected chi connectivity index (χ0v) is 7.15. The molecule has 0 aromatic carbocycles. The second-order valence-corrected chi connectivity index (χ2v) is 3.62. The van der Waals surface area contributed by atoms with E-state index in [1.165, 1.54) is 0 Å². The SMILES string of the molecule is CN(C)C(=O)C1C2C=CC(=O)C21. The summed E-state index contributed by atoms with van der Waals surface area (Å²) >= 11 is 0. The summed E-state index contributed by atoms with van der Waals surface area (Å²) in [6, 6.07) is 0. The zero-order valence-electron chi connectivity index (χ0n) is 7.15. The fourth-order valence-corrected chi connectivity index (χ4v) is 1.87. The predicted octanol–water partition coefficient (Wildman–Crippen LogP) is 0.0757. The Morgan fingerprint density at radius 1 is 1.50 bits per heavy atom. The van der Waals surface area contributed by atoms with Crippen LogP contribution in [0.15, 0.2) is 12.2 Å². The van der Waals surface area contributed by atoms with E-state index in [1.54, 1.807) is 25.1 Å². The molecule has 64 valence electrons. The van der Waals surface area contributed by atoms with Crippen molar-refractivity contribution in [2.75, 3.05) is 14.1 Å². The van der Waals surface area contributed by atoms with Gasteiger partial charge in [0.25, 0.3) is 0 Å². The van der Waals surface area contributed by atoms with Crippen LogP contribution in [0.2, 0.25) is 0 Å². The van der Waals surface area contributed by atoms with Crippen molar-refractivity contribution in [2.45, 2.75) is 0 Å². The van der Waals surface area contributed by atoms with Crippen LogP contribution >= 0.6 is 0 Å². The van der Waals surface area contributed by atoms with Crippen LogP contribution in [0.3, 0.4) is 0 Å². The average molecular weight is 165 g/mol. The maximum atomic E-state index is 11.4. The molecule has 1 fully saturated rings. The first-order chi connectivity index (χ1) is 5.63. The first-order valence-electron chi connectivity index (χ1n) is 4.06. The minimum atomic E-state index is -0.0440. The minimum absolute atomic E-state index is 0.0140. The van der Waals surface area contributed by atoms with Gasteiger partial charge in [-0.25, -0.2) is 0 Å². The number of nitrogens with zero attached hydrogens (tertiary/aromatic N) is 1. The van der Waals surface area contributed by atoms with E-state index in [-0.39, 0.29) is 29.4 Å². The fraction of sp³-hybridized carbons (Fsp3) is 0.556. The second-order valence-electron chi connectivity index (χ2n) is 3.62. The van der Waals surface area contributed by atoms with E-state index >= 15 is 0 Å². The molecule has 3 heteroatoms. The summed E-state index contributed by atoms with van der Waals surface area (Å²) in [6.45, 7) is 0. The van der Waals surface area contributed by atoms with Gasteiger partial charge in [0, 0.05) is 25.9 Å². The van der Waals surface area contributed by atoms with Crippen LogP contribution in [0.25, 0.3) is 0 Å². The Morgan fingerprint density at radius 3 is 2.58 bits per heavy atom. The second kappa shape index (κ2) is 2.19. The van der Waals surface area contributed by atoms with E-state index in [9.17, 15) is 9.59 Å². The molecule has 3 unspecified atom stereocenters. The minimum Gasteiger partial charge on any atom is -0.349 e. The molecule has 1 saturated carbocycles. The molecule has 0 spiro atoms. The van der Waals surface area contributed by atoms with Gasteiger partial charge < -0.3 is 4.90 Å². The summed E-state index contributed by atoms with van der Waals surface area (Å²) < 4.78 is 0. The Balaban J connectivity index is 2.09. The molecule has 0 aliphatic heterocycles. The molecule has 0 aromatic heterocycles. The average Bonchev–Trinajstić information content (AvgIpc) is 2.62. The van der Waals surface area contributed by atoms with Gasteiger partial charge in [-0.1, -0.05) is 6.08 Å². The molecule has 2 aliphatic rings. The highest BCUT2D eigenvalue weighted by molar-refractivity contribution is 6.03. The van der Waals surface area contributed by atoms with Crippen LogP contribution in [0.4, 0.5) is 0 Å². The summed E-state index contributed by atoms with van der Waals surface area (Å²) in [5.41, 5.74) is 0. The van der Waals surface area contributed by atoms with Crippen molar-refractivity contribution in [2.24, 2.45) is 17.8 Å². The number of amides is 1. The van der Waals surface area contributed by atoms with Gasteiger partial charge in [0.15, 0.2) is 5.78 Å². The molecule has 2 rings (SSSR count). The molecule has 2 aliphatic carbocycles. The quantitative estimate of drug-likeness (QED) is 0.551. The summed E-state index contributed by atoms with van der Waals surface area (Å²) in [4.78, 5) is 24.1. The predicted molar refractivity (Wildman–Crippen MR) is 43.3 cm³/mol. The summed E-state index contributed by atoms with van der Waals surface area (Å²) in [5.74, 6) is 0.368. The zero-order chi connectivity index (χ0) is 8.88. The van der Waals surface area contributed by atoms with Gasteiger partial charge in [0.2, 0.25) is 5.91 Å². The van der Waals surface area contributed by atoms with Crippen molar-refractivity contribution in [3.8, 4) is 0 Å².